The molecule has 0 radical (unpaired) electrons. The average molecular weight is 322 g/mol. The fraction of sp³-hybridized carbons (Fsp3) is 0.400. The van der Waals surface area contributed by atoms with E-state index in [4.69, 9.17) is 11.6 Å². The number of halogens is 1. The number of nitrogens with one attached hydrogen (secondary N) is 2. The van der Waals surface area contributed by atoms with Gasteiger partial charge in [0.15, 0.2) is 0 Å². The molecule has 110 valence electrons. The van der Waals surface area contributed by atoms with Crippen molar-refractivity contribution in [3.8, 4) is 0 Å². The van der Waals surface area contributed by atoms with Gasteiger partial charge in [-0.1, -0.05) is 11.6 Å². The van der Waals surface area contributed by atoms with Gasteiger partial charge in [0.2, 0.25) is 0 Å². The van der Waals surface area contributed by atoms with Gasteiger partial charge in [-0.2, -0.15) is 0 Å². The molecule has 0 amide bonds. The molecule has 1 aromatic carbocycles. The Morgan fingerprint density at radius 2 is 2.00 bits per heavy atom. The summed E-state index contributed by atoms with van der Waals surface area (Å²) in [7, 11) is 0. The summed E-state index contributed by atoms with van der Waals surface area (Å²) in [6.07, 6.45) is 4.34. The van der Waals surface area contributed by atoms with Crippen molar-refractivity contribution in [2.75, 3.05) is 0 Å². The first kappa shape index (κ1) is 13.5. The van der Waals surface area contributed by atoms with Crippen LogP contribution in [0.25, 0.3) is 0 Å². The Morgan fingerprint density at radius 1 is 1.19 bits per heavy atom. The third-order valence-corrected chi connectivity index (χ3v) is 5.87. The molecule has 1 fully saturated rings. The summed E-state index contributed by atoms with van der Waals surface area (Å²) >= 11 is 7.70. The molecule has 4 rings (SSSR count). The third kappa shape index (κ3) is 2.33. The normalized spacial score (nSPS) is 24.8. The number of H-pyrrole nitrogens is 2. The Kier molecular flexibility index (Phi) is 3.36. The number of aromatic nitrogens is 2. The number of benzene rings is 1. The number of aromatic amines is 2. The lowest BCUT2D eigenvalue weighted by atomic mass is 9.85. The van der Waals surface area contributed by atoms with Crippen molar-refractivity contribution < 1.29 is 0 Å². The maximum atomic E-state index is 12.1. The van der Waals surface area contributed by atoms with Crippen LogP contribution in [0.1, 0.15) is 36.6 Å². The van der Waals surface area contributed by atoms with E-state index < -0.39 is 0 Å². The number of hydrogen-bond donors (Lipinski definition) is 2. The molecule has 21 heavy (non-hydrogen) atoms. The molecule has 2 aromatic rings. The minimum atomic E-state index is 0.0389. The average Bonchev–Trinajstić information content (AvgIpc) is 2.82. The molecule has 3 heterocycles. The first-order valence-corrected chi connectivity index (χ1v) is 8.39. The number of piperidine rings is 1. The maximum absolute atomic E-state index is 12.1. The summed E-state index contributed by atoms with van der Waals surface area (Å²) in [5.41, 5.74) is 2.08. The standard InChI is InChI=1S/C15H16ClN3OS/c16-9-4-6-11(7-5-9)21-19-10-2-1-3-13(19)14-12(8-10)17-18-15(14)20/h4-7,10,13H,1-3,8H2,(H2,17,18,20). The van der Waals surface area contributed by atoms with E-state index in [1.54, 1.807) is 11.9 Å². The van der Waals surface area contributed by atoms with Crippen LogP contribution >= 0.6 is 23.5 Å². The van der Waals surface area contributed by atoms with Crippen molar-refractivity contribution in [1.29, 1.82) is 0 Å². The summed E-state index contributed by atoms with van der Waals surface area (Å²) < 4.78 is 2.41. The van der Waals surface area contributed by atoms with Crippen molar-refractivity contribution in [1.82, 2.24) is 14.5 Å². The Hall–Kier alpha value is -1.17. The Labute approximate surface area is 132 Å². The molecule has 4 nitrogen and oxygen atoms in total. The fourth-order valence-corrected chi connectivity index (χ4v) is 4.72. The number of fused-ring (bicyclic) bond motifs is 4. The fourth-order valence-electron chi connectivity index (χ4n) is 3.43. The second-order valence-electron chi connectivity index (χ2n) is 5.68. The van der Waals surface area contributed by atoms with Crippen LogP contribution in [0.3, 0.4) is 0 Å². The van der Waals surface area contributed by atoms with Crippen LogP contribution in [0, 0.1) is 0 Å². The second-order valence-corrected chi connectivity index (χ2v) is 7.19. The van der Waals surface area contributed by atoms with Gasteiger partial charge >= 0.3 is 0 Å². The van der Waals surface area contributed by atoms with Crippen LogP contribution in [0.2, 0.25) is 5.02 Å². The number of hydrogen-bond acceptors (Lipinski definition) is 3. The van der Waals surface area contributed by atoms with Gasteiger partial charge < -0.3 is 5.10 Å². The Balaban J connectivity index is 1.68. The lowest BCUT2D eigenvalue weighted by Gasteiger charge is -2.44. The summed E-state index contributed by atoms with van der Waals surface area (Å²) in [6.45, 7) is 0. The summed E-state index contributed by atoms with van der Waals surface area (Å²) in [6, 6.07) is 8.61. The van der Waals surface area contributed by atoms with E-state index in [1.807, 2.05) is 24.3 Å². The van der Waals surface area contributed by atoms with Crippen LogP contribution in [-0.2, 0) is 6.42 Å². The zero-order valence-corrected chi connectivity index (χ0v) is 13.0. The Morgan fingerprint density at radius 3 is 2.81 bits per heavy atom. The van der Waals surface area contributed by atoms with Crippen LogP contribution in [-0.4, -0.2) is 20.5 Å². The molecular weight excluding hydrogens is 306 g/mol. The zero-order chi connectivity index (χ0) is 14.4. The molecule has 2 N–H and O–H groups in total. The second kappa shape index (κ2) is 5.23. The molecule has 2 bridgehead atoms. The van der Waals surface area contributed by atoms with E-state index in [0.29, 0.717) is 6.04 Å². The van der Waals surface area contributed by atoms with Gasteiger partial charge in [-0.3, -0.25) is 9.89 Å². The maximum Gasteiger partial charge on any atom is 0.268 e. The molecule has 2 atom stereocenters. The minimum Gasteiger partial charge on any atom is -0.302 e. The highest BCUT2D eigenvalue weighted by atomic mass is 35.5. The van der Waals surface area contributed by atoms with E-state index >= 15 is 0 Å². The van der Waals surface area contributed by atoms with Crippen molar-refractivity contribution in [3.63, 3.8) is 0 Å². The first-order chi connectivity index (χ1) is 10.2. The van der Waals surface area contributed by atoms with Crippen LogP contribution in [0.4, 0.5) is 0 Å². The van der Waals surface area contributed by atoms with Gasteiger partial charge in [0, 0.05) is 28.1 Å². The predicted molar refractivity (Wildman–Crippen MR) is 84.6 cm³/mol. The predicted octanol–water partition coefficient (Wildman–Crippen LogP) is 3.52. The molecule has 2 aliphatic rings. The number of nitrogens with zero attached hydrogens (tertiary/aromatic N) is 1. The van der Waals surface area contributed by atoms with E-state index in [2.05, 4.69) is 14.5 Å². The first-order valence-electron chi connectivity index (χ1n) is 7.23. The smallest absolute Gasteiger partial charge is 0.268 e. The van der Waals surface area contributed by atoms with Crippen LogP contribution in [0.15, 0.2) is 34.0 Å². The minimum absolute atomic E-state index is 0.0389. The molecule has 1 aromatic heterocycles. The molecule has 1 saturated heterocycles. The van der Waals surface area contributed by atoms with E-state index in [9.17, 15) is 4.79 Å². The van der Waals surface area contributed by atoms with Crippen LogP contribution in [0.5, 0.6) is 0 Å². The SMILES string of the molecule is O=c1[nH][nH]c2c1C1CCCC(C2)N1Sc1ccc(Cl)cc1. The van der Waals surface area contributed by atoms with Gasteiger partial charge in [-0.15, -0.1) is 0 Å². The van der Waals surface area contributed by atoms with Crippen molar-refractivity contribution in [2.45, 2.75) is 42.7 Å². The highest BCUT2D eigenvalue weighted by Gasteiger charge is 2.40. The highest BCUT2D eigenvalue weighted by molar-refractivity contribution is 7.97. The highest BCUT2D eigenvalue weighted by Crippen LogP contribution is 2.45. The molecule has 2 aliphatic heterocycles. The van der Waals surface area contributed by atoms with Crippen LogP contribution < -0.4 is 5.56 Å². The van der Waals surface area contributed by atoms with Gasteiger partial charge in [0.05, 0.1) is 11.6 Å². The van der Waals surface area contributed by atoms with Gasteiger partial charge in [0.25, 0.3) is 5.56 Å². The van der Waals surface area contributed by atoms with Gasteiger partial charge in [0.1, 0.15) is 0 Å². The quantitative estimate of drug-likeness (QED) is 0.832. The Bertz CT molecular complexity index is 708. The summed E-state index contributed by atoms with van der Waals surface area (Å²) in [4.78, 5) is 13.2. The molecule has 0 aliphatic carbocycles. The van der Waals surface area contributed by atoms with Crippen molar-refractivity contribution in [3.05, 3.63) is 50.9 Å². The third-order valence-electron chi connectivity index (χ3n) is 4.38. The van der Waals surface area contributed by atoms with Gasteiger partial charge in [-0.05, 0) is 55.5 Å². The molecule has 2 unspecified atom stereocenters. The summed E-state index contributed by atoms with van der Waals surface area (Å²) in [5.74, 6) is 0. The van der Waals surface area contributed by atoms with Crippen molar-refractivity contribution in [2.24, 2.45) is 0 Å². The molecule has 0 spiro atoms. The van der Waals surface area contributed by atoms with E-state index in [1.165, 1.54) is 17.7 Å². The monoisotopic (exact) mass is 321 g/mol. The topological polar surface area (TPSA) is 51.9 Å². The van der Waals surface area contributed by atoms with E-state index in [0.717, 1.165) is 29.1 Å². The lowest BCUT2D eigenvalue weighted by molar-refractivity contribution is 0.178. The molecular formula is C15H16ClN3OS. The lowest BCUT2D eigenvalue weighted by Crippen LogP contribution is -2.43. The molecule has 6 heteroatoms. The van der Waals surface area contributed by atoms with Gasteiger partial charge in [-0.25, -0.2) is 4.31 Å². The number of rotatable bonds is 2. The summed E-state index contributed by atoms with van der Waals surface area (Å²) in [5, 5.41) is 6.56. The largest absolute Gasteiger partial charge is 0.302 e. The zero-order valence-electron chi connectivity index (χ0n) is 11.4. The van der Waals surface area contributed by atoms with E-state index in [-0.39, 0.29) is 11.6 Å². The molecule has 0 saturated carbocycles. The van der Waals surface area contributed by atoms with Crippen molar-refractivity contribution >= 4 is 23.5 Å².